The van der Waals surface area contributed by atoms with Crippen molar-refractivity contribution in [2.45, 2.75) is 24.7 Å². The van der Waals surface area contributed by atoms with E-state index in [2.05, 4.69) is 10.3 Å². The highest BCUT2D eigenvalue weighted by atomic mass is 19.4. The fourth-order valence-electron chi connectivity index (χ4n) is 2.91. The Morgan fingerprint density at radius 3 is 2.33 bits per heavy atom. The molecule has 1 aromatic heterocycles. The van der Waals surface area contributed by atoms with Crippen molar-refractivity contribution in [3.63, 3.8) is 0 Å². The van der Waals surface area contributed by atoms with Gasteiger partial charge in [-0.2, -0.15) is 13.2 Å². The first-order valence-electron chi connectivity index (χ1n) is 8.95. The van der Waals surface area contributed by atoms with Gasteiger partial charge in [0.1, 0.15) is 6.04 Å². The van der Waals surface area contributed by atoms with Crippen LogP contribution >= 0.6 is 0 Å². The second-order valence-corrected chi connectivity index (χ2v) is 6.69. The summed E-state index contributed by atoms with van der Waals surface area (Å²) in [5.74, 6) is -1.79. The van der Waals surface area contributed by atoms with E-state index >= 15 is 0 Å². The molecule has 0 saturated carbocycles. The molecule has 0 aliphatic carbocycles. The molecule has 6 nitrogen and oxygen atoms in total. The monoisotopic (exact) mass is 417 g/mol. The summed E-state index contributed by atoms with van der Waals surface area (Å²) >= 11 is 0. The van der Waals surface area contributed by atoms with Crippen molar-refractivity contribution in [3.05, 3.63) is 77.5 Å². The minimum Gasteiger partial charge on any atom is -0.378 e. The van der Waals surface area contributed by atoms with Crippen LogP contribution in [-0.4, -0.2) is 27.9 Å². The molecular weight excluding hydrogens is 399 g/mol. The van der Waals surface area contributed by atoms with Gasteiger partial charge in [0.2, 0.25) is 5.91 Å². The molecule has 0 bridgehead atoms. The van der Waals surface area contributed by atoms with E-state index in [1.54, 1.807) is 12.1 Å². The number of para-hydroxylation sites is 1. The van der Waals surface area contributed by atoms with Crippen molar-refractivity contribution in [2.24, 2.45) is 5.73 Å². The van der Waals surface area contributed by atoms with Crippen LogP contribution in [0.5, 0.6) is 0 Å². The third-order valence-electron chi connectivity index (χ3n) is 4.53. The first-order chi connectivity index (χ1) is 14.1. The summed E-state index contributed by atoms with van der Waals surface area (Å²) < 4.78 is 37.9. The molecule has 3 aromatic rings. The van der Waals surface area contributed by atoms with Gasteiger partial charge in [0.05, 0.1) is 11.1 Å². The fraction of sp³-hybridized carbons (Fsp3) is 0.190. The number of aliphatic hydroxyl groups is 1. The number of hydrogen-bond donors (Lipinski definition) is 3. The molecule has 3 rings (SSSR count). The van der Waals surface area contributed by atoms with Crippen molar-refractivity contribution in [3.8, 4) is 0 Å². The third-order valence-corrected chi connectivity index (χ3v) is 4.53. The maximum absolute atomic E-state index is 12.6. The molecule has 2 atom stereocenters. The molecule has 0 radical (unpaired) electrons. The molecule has 0 saturated heterocycles. The molecule has 1 heterocycles. The van der Waals surface area contributed by atoms with E-state index in [4.69, 9.17) is 5.73 Å². The lowest BCUT2D eigenvalue weighted by atomic mass is 10.0. The van der Waals surface area contributed by atoms with Gasteiger partial charge in [-0.3, -0.25) is 14.6 Å². The van der Waals surface area contributed by atoms with Crippen LogP contribution in [0.4, 0.5) is 13.2 Å². The highest BCUT2D eigenvalue weighted by Crippen LogP contribution is 2.30. The predicted octanol–water partition coefficient (Wildman–Crippen LogP) is 2.50. The van der Waals surface area contributed by atoms with Gasteiger partial charge in [-0.1, -0.05) is 36.4 Å². The zero-order valence-electron chi connectivity index (χ0n) is 15.6. The van der Waals surface area contributed by atoms with E-state index in [0.29, 0.717) is 11.2 Å². The van der Waals surface area contributed by atoms with Crippen molar-refractivity contribution >= 4 is 22.7 Å². The molecule has 0 spiro atoms. The van der Waals surface area contributed by atoms with Gasteiger partial charge >= 0.3 is 6.18 Å². The molecular formula is C21H18F3N3O3. The number of benzene rings is 2. The molecule has 9 heteroatoms. The van der Waals surface area contributed by atoms with Crippen LogP contribution in [0, 0.1) is 0 Å². The van der Waals surface area contributed by atoms with Gasteiger partial charge in [-0.15, -0.1) is 0 Å². The molecule has 156 valence electrons. The minimum atomic E-state index is -4.53. The highest BCUT2D eigenvalue weighted by Gasteiger charge is 2.31. The third kappa shape index (κ3) is 4.93. The van der Waals surface area contributed by atoms with Crippen LogP contribution in [0.1, 0.15) is 22.9 Å². The van der Waals surface area contributed by atoms with Gasteiger partial charge in [0, 0.05) is 17.5 Å². The predicted molar refractivity (Wildman–Crippen MR) is 103 cm³/mol. The first-order valence-corrected chi connectivity index (χ1v) is 8.95. The Labute approximate surface area is 169 Å². The molecule has 2 aromatic carbocycles. The number of rotatable bonds is 6. The molecule has 30 heavy (non-hydrogen) atoms. The van der Waals surface area contributed by atoms with Gasteiger partial charge in [-0.05, 0) is 29.8 Å². The average molecular weight is 417 g/mol. The first kappa shape index (κ1) is 21.3. The maximum Gasteiger partial charge on any atom is 0.416 e. The molecule has 0 aliphatic rings. The Kier molecular flexibility index (Phi) is 6.02. The number of nitrogens with two attached hydrogens (primary N) is 1. The van der Waals surface area contributed by atoms with E-state index in [1.807, 2.05) is 24.3 Å². The maximum atomic E-state index is 12.6. The van der Waals surface area contributed by atoms with Crippen LogP contribution in [-0.2, 0) is 22.2 Å². The lowest BCUT2D eigenvalue weighted by Gasteiger charge is -2.18. The zero-order chi connectivity index (χ0) is 21.9. The van der Waals surface area contributed by atoms with Crippen LogP contribution in [0.25, 0.3) is 10.9 Å². The number of nitrogens with zero attached hydrogens (tertiary/aromatic N) is 1. The van der Waals surface area contributed by atoms with Crippen molar-refractivity contribution < 1.29 is 27.9 Å². The smallest absolute Gasteiger partial charge is 0.378 e. The van der Waals surface area contributed by atoms with Crippen LogP contribution < -0.4 is 11.1 Å². The Balaban J connectivity index is 1.72. The number of carbonyl (C=O) groups is 2. The summed E-state index contributed by atoms with van der Waals surface area (Å²) in [4.78, 5) is 28.5. The zero-order valence-corrected chi connectivity index (χ0v) is 15.6. The SMILES string of the molecule is NC(=O)[C@H](Cc1ccc2ccccc2n1)NC(=O)[C@@H](O)c1ccc(C(F)(F)F)cc1. The van der Waals surface area contributed by atoms with Crippen LogP contribution in [0.3, 0.4) is 0 Å². The van der Waals surface area contributed by atoms with Crippen molar-refractivity contribution in [1.29, 1.82) is 0 Å². The topological polar surface area (TPSA) is 105 Å². The Morgan fingerprint density at radius 1 is 1.03 bits per heavy atom. The van der Waals surface area contributed by atoms with Gasteiger partial charge < -0.3 is 16.2 Å². The average Bonchev–Trinajstić information content (AvgIpc) is 2.72. The number of alkyl halides is 3. The highest BCUT2D eigenvalue weighted by molar-refractivity contribution is 5.89. The second kappa shape index (κ2) is 8.50. The number of aromatic nitrogens is 1. The largest absolute Gasteiger partial charge is 0.416 e. The molecule has 0 fully saturated rings. The number of halogens is 3. The number of fused-ring (bicyclic) bond motifs is 1. The van der Waals surface area contributed by atoms with E-state index in [-0.39, 0.29) is 12.0 Å². The molecule has 0 aliphatic heterocycles. The summed E-state index contributed by atoms with van der Waals surface area (Å²) in [6.45, 7) is 0. The van der Waals surface area contributed by atoms with E-state index in [1.165, 1.54) is 0 Å². The normalized spacial score (nSPS) is 13.6. The Morgan fingerprint density at radius 2 is 1.70 bits per heavy atom. The quantitative estimate of drug-likeness (QED) is 0.573. The summed E-state index contributed by atoms with van der Waals surface area (Å²) in [5, 5.41) is 13.4. The number of nitrogens with one attached hydrogen (secondary N) is 1. The summed E-state index contributed by atoms with van der Waals surface area (Å²) in [7, 11) is 0. The van der Waals surface area contributed by atoms with Crippen molar-refractivity contribution in [2.75, 3.05) is 0 Å². The van der Waals surface area contributed by atoms with Gasteiger partial charge in [-0.25, -0.2) is 0 Å². The van der Waals surface area contributed by atoms with Crippen molar-refractivity contribution in [1.82, 2.24) is 10.3 Å². The second-order valence-electron chi connectivity index (χ2n) is 6.69. The van der Waals surface area contributed by atoms with Crippen LogP contribution in [0.15, 0.2) is 60.7 Å². The lowest BCUT2D eigenvalue weighted by Crippen LogP contribution is -2.47. The summed E-state index contributed by atoms with van der Waals surface area (Å²) in [5.41, 5.74) is 5.61. The molecule has 4 N–H and O–H groups in total. The minimum absolute atomic E-state index is 0.00829. The number of amides is 2. The van der Waals surface area contributed by atoms with Crippen LogP contribution in [0.2, 0.25) is 0 Å². The van der Waals surface area contributed by atoms with Gasteiger partial charge in [0.15, 0.2) is 6.10 Å². The Hall–Kier alpha value is -3.46. The molecule has 0 unspecified atom stereocenters. The number of primary amides is 1. The number of pyridine rings is 1. The number of aliphatic hydroxyl groups excluding tert-OH is 1. The fourth-order valence-corrected chi connectivity index (χ4v) is 2.91. The summed E-state index contributed by atoms with van der Waals surface area (Å²) in [6, 6.07) is 13.2. The summed E-state index contributed by atoms with van der Waals surface area (Å²) in [6.07, 6.45) is -6.31. The van der Waals surface area contributed by atoms with E-state index < -0.39 is 35.7 Å². The van der Waals surface area contributed by atoms with Gasteiger partial charge in [0.25, 0.3) is 5.91 Å². The number of carbonyl (C=O) groups excluding carboxylic acids is 2. The van der Waals surface area contributed by atoms with E-state index in [9.17, 15) is 27.9 Å². The standard InChI is InChI=1S/C21H18F3N3O3/c22-21(23,24)14-8-5-13(6-9-14)18(28)20(30)27-17(19(25)29)11-15-10-7-12-3-1-2-4-16(12)26-15/h1-10,17-18,28H,11H2,(H2,25,29)(H,27,30)/t17-,18-/m0/s1. The number of hydrogen-bond acceptors (Lipinski definition) is 4. The Bertz CT molecular complexity index is 1070. The lowest BCUT2D eigenvalue weighted by molar-refractivity contribution is -0.137. The molecule has 2 amide bonds. The van der Waals surface area contributed by atoms with E-state index in [0.717, 1.165) is 29.7 Å².